The van der Waals surface area contributed by atoms with Crippen molar-refractivity contribution in [3.63, 3.8) is 0 Å². The summed E-state index contributed by atoms with van der Waals surface area (Å²) in [5.41, 5.74) is -1.01. The Kier molecular flexibility index (Phi) is 7.81. The topological polar surface area (TPSA) is 157 Å². The van der Waals surface area contributed by atoms with Crippen molar-refractivity contribution in [2.45, 2.75) is 136 Å². The van der Waals surface area contributed by atoms with Crippen LogP contribution in [0.15, 0.2) is 11.6 Å². The van der Waals surface area contributed by atoms with Crippen LogP contribution in [0.1, 0.15) is 99.3 Å². The van der Waals surface area contributed by atoms with Crippen molar-refractivity contribution in [3.8, 4) is 0 Å². The van der Waals surface area contributed by atoms with Crippen LogP contribution in [0.4, 0.5) is 0 Å². The van der Waals surface area contributed by atoms with Crippen LogP contribution in [0.2, 0.25) is 0 Å². The number of fused-ring (bicyclic) bond motifs is 7. The molecule has 0 bridgehead atoms. The molecule has 9 heteroatoms. The molecule has 0 spiro atoms. The highest BCUT2D eigenvalue weighted by Crippen LogP contribution is 2.76. The van der Waals surface area contributed by atoms with Gasteiger partial charge in [0.2, 0.25) is 0 Å². The summed E-state index contributed by atoms with van der Waals surface area (Å²) in [6, 6.07) is 0. The van der Waals surface area contributed by atoms with Gasteiger partial charge >= 0.3 is 5.97 Å². The van der Waals surface area contributed by atoms with Crippen LogP contribution in [0.3, 0.4) is 0 Å². The number of aliphatic hydroxyl groups is 5. The Hall–Kier alpha value is -1.07. The lowest BCUT2D eigenvalue weighted by Gasteiger charge is -2.71. The number of carbonyl (C=O) groups is 1. The van der Waals surface area contributed by atoms with E-state index < -0.39 is 47.5 Å². The molecular formula is C35H56O9. The fraction of sp³-hybridized carbons (Fsp3) is 0.914. The summed E-state index contributed by atoms with van der Waals surface area (Å²) in [6.07, 6.45) is 2.85. The first-order valence-corrected chi connectivity index (χ1v) is 17.0. The van der Waals surface area contributed by atoms with Crippen LogP contribution in [-0.2, 0) is 14.3 Å². The van der Waals surface area contributed by atoms with Crippen molar-refractivity contribution < 1.29 is 44.9 Å². The molecule has 250 valence electrons. The third kappa shape index (κ3) is 4.25. The van der Waals surface area contributed by atoms with Gasteiger partial charge in [-0.15, -0.1) is 0 Å². The van der Waals surface area contributed by atoms with Crippen LogP contribution >= 0.6 is 0 Å². The third-order valence-corrected chi connectivity index (χ3v) is 14.9. The van der Waals surface area contributed by atoms with E-state index in [0.29, 0.717) is 25.2 Å². The molecule has 5 fully saturated rings. The number of allylic oxidation sites excluding steroid dienone is 2. The van der Waals surface area contributed by atoms with Crippen LogP contribution in [-0.4, -0.2) is 86.6 Å². The third-order valence-electron chi connectivity index (χ3n) is 14.9. The molecule has 1 heterocycles. The Labute approximate surface area is 262 Å². The van der Waals surface area contributed by atoms with E-state index in [-0.39, 0.29) is 52.8 Å². The van der Waals surface area contributed by atoms with Crippen molar-refractivity contribution in [2.75, 3.05) is 13.2 Å². The van der Waals surface area contributed by atoms with Crippen LogP contribution in [0.25, 0.3) is 0 Å². The van der Waals surface area contributed by atoms with Crippen molar-refractivity contribution >= 4 is 5.97 Å². The number of ether oxygens (including phenoxy) is 2. The zero-order valence-corrected chi connectivity index (χ0v) is 27.5. The molecule has 5 aliphatic carbocycles. The fourth-order valence-corrected chi connectivity index (χ4v) is 12.1. The van der Waals surface area contributed by atoms with Crippen molar-refractivity contribution in [2.24, 2.45) is 50.2 Å². The number of hydrogen-bond acceptors (Lipinski definition) is 8. The molecule has 4 saturated carbocycles. The lowest BCUT2D eigenvalue weighted by Crippen LogP contribution is -2.67. The van der Waals surface area contributed by atoms with Crippen molar-refractivity contribution in [3.05, 3.63) is 11.6 Å². The van der Waals surface area contributed by atoms with Gasteiger partial charge in [0.25, 0.3) is 0 Å². The van der Waals surface area contributed by atoms with Gasteiger partial charge < -0.3 is 40.1 Å². The summed E-state index contributed by atoms with van der Waals surface area (Å²) in [7, 11) is 0. The maximum Gasteiger partial charge on any atom is 0.312 e. The molecule has 44 heavy (non-hydrogen) atoms. The molecule has 0 aromatic heterocycles. The van der Waals surface area contributed by atoms with Gasteiger partial charge in [0, 0.05) is 5.41 Å². The summed E-state index contributed by atoms with van der Waals surface area (Å²) in [6.45, 7) is 13.4. The molecule has 1 saturated heterocycles. The summed E-state index contributed by atoms with van der Waals surface area (Å²) >= 11 is 0. The summed E-state index contributed by atoms with van der Waals surface area (Å²) < 4.78 is 12.0. The van der Waals surface area contributed by atoms with E-state index in [4.69, 9.17) is 9.47 Å². The summed E-state index contributed by atoms with van der Waals surface area (Å²) in [4.78, 5) is 13.0. The van der Waals surface area contributed by atoms with Crippen molar-refractivity contribution in [1.82, 2.24) is 0 Å². The highest BCUT2D eigenvalue weighted by molar-refractivity contribution is 5.77. The van der Waals surface area contributed by atoms with Gasteiger partial charge in [-0.3, -0.25) is 4.79 Å². The SMILES string of the molecule is CC1(C)C[C@H](O)[C@]2(C(=O)O)CC[C@]3(C)C(=CC[C@@H]4[C@@]5(C)CC[C@H](O[C@@H]6OC[C@H](O)[C@H](O)[C@H]6O)[C@@](C)(CO)[C@@H]5CC[C@]43C)[C@@H]2C1. The predicted molar refractivity (Wildman–Crippen MR) is 162 cm³/mol. The minimum Gasteiger partial charge on any atom is -0.481 e. The van der Waals surface area contributed by atoms with Gasteiger partial charge in [0.15, 0.2) is 6.29 Å². The molecule has 6 aliphatic rings. The number of carboxylic acids is 1. The minimum absolute atomic E-state index is 0.0769. The lowest BCUT2D eigenvalue weighted by atomic mass is 9.33. The van der Waals surface area contributed by atoms with Crippen LogP contribution < -0.4 is 0 Å². The van der Waals surface area contributed by atoms with Gasteiger partial charge in [0.1, 0.15) is 23.7 Å². The minimum atomic E-state index is -1.38. The zero-order valence-electron chi connectivity index (χ0n) is 27.5. The maximum absolute atomic E-state index is 13.0. The van der Waals surface area contributed by atoms with Crippen LogP contribution in [0.5, 0.6) is 0 Å². The fourth-order valence-electron chi connectivity index (χ4n) is 12.1. The zero-order chi connectivity index (χ0) is 32.3. The Morgan fingerprint density at radius 1 is 0.932 bits per heavy atom. The highest BCUT2D eigenvalue weighted by Gasteiger charge is 2.71. The van der Waals surface area contributed by atoms with E-state index in [1.165, 1.54) is 5.57 Å². The lowest BCUT2D eigenvalue weighted by molar-refractivity contribution is -0.312. The molecule has 0 amide bonds. The predicted octanol–water partition coefficient (Wildman–Crippen LogP) is 3.64. The first-order valence-electron chi connectivity index (χ1n) is 17.0. The normalized spacial score (nSPS) is 55.1. The van der Waals surface area contributed by atoms with Gasteiger partial charge in [-0.25, -0.2) is 0 Å². The smallest absolute Gasteiger partial charge is 0.312 e. The maximum atomic E-state index is 13.0. The largest absolute Gasteiger partial charge is 0.481 e. The quantitative estimate of drug-likeness (QED) is 0.204. The number of aliphatic carboxylic acids is 1. The molecule has 14 atom stereocenters. The second-order valence-electron chi connectivity index (χ2n) is 17.4. The standard InChI is InChI=1S/C35H56O9/c1-30(2)15-20-19-7-8-23-31(3)11-10-25(44-28-27(40)26(39)21(37)17-43-28)32(4,18-36)22(31)9-12-34(23,6)33(19,5)13-14-35(20,29(41)42)24(38)16-30/h7,20-28,36-40H,8-18H2,1-6H3,(H,41,42)/t20-,21-,22+,23+,24-,25-,26-,27+,28-,31-,32-,33+,34+,35-/m0/s1. The Balaban J connectivity index is 1.33. The first-order chi connectivity index (χ1) is 20.4. The van der Waals surface area contributed by atoms with Gasteiger partial charge in [0.05, 0.1) is 25.4 Å². The number of aliphatic hydroxyl groups excluding tert-OH is 5. The average molecular weight is 621 g/mol. The van der Waals surface area contributed by atoms with E-state index in [9.17, 15) is 35.4 Å². The van der Waals surface area contributed by atoms with Crippen molar-refractivity contribution in [1.29, 1.82) is 0 Å². The number of rotatable bonds is 4. The molecule has 6 N–H and O–H groups in total. The monoisotopic (exact) mass is 620 g/mol. The molecule has 0 unspecified atom stereocenters. The van der Waals surface area contributed by atoms with Gasteiger partial charge in [-0.1, -0.05) is 53.2 Å². The summed E-state index contributed by atoms with van der Waals surface area (Å²) in [5.74, 6) is -0.587. The Bertz CT molecular complexity index is 1190. The number of carboxylic acid groups (broad SMARTS) is 1. The highest BCUT2D eigenvalue weighted by atomic mass is 16.7. The van der Waals surface area contributed by atoms with Crippen LogP contribution in [0, 0.1) is 50.2 Å². The van der Waals surface area contributed by atoms with Gasteiger partial charge in [-0.05, 0) is 97.2 Å². The molecule has 9 nitrogen and oxygen atoms in total. The average Bonchev–Trinajstić information content (AvgIpc) is 2.94. The second-order valence-corrected chi connectivity index (χ2v) is 17.4. The van der Waals surface area contributed by atoms with E-state index in [2.05, 4.69) is 47.6 Å². The van der Waals surface area contributed by atoms with E-state index >= 15 is 0 Å². The first kappa shape index (κ1) is 32.9. The second kappa shape index (κ2) is 10.5. The molecule has 0 aromatic rings. The Morgan fingerprint density at radius 2 is 1.64 bits per heavy atom. The molecule has 0 radical (unpaired) electrons. The van der Waals surface area contributed by atoms with E-state index in [1.54, 1.807) is 0 Å². The van der Waals surface area contributed by atoms with E-state index in [0.717, 1.165) is 38.5 Å². The molecule has 6 rings (SSSR count). The van der Waals surface area contributed by atoms with E-state index in [1.807, 2.05) is 0 Å². The molecule has 0 aromatic carbocycles. The summed E-state index contributed by atoms with van der Waals surface area (Å²) in [5, 5.41) is 63.8. The molecular weight excluding hydrogens is 564 g/mol. The molecule has 1 aliphatic heterocycles. The number of hydrogen-bond donors (Lipinski definition) is 6. The van der Waals surface area contributed by atoms with Gasteiger partial charge in [-0.2, -0.15) is 0 Å². The Morgan fingerprint density at radius 3 is 2.30 bits per heavy atom.